The van der Waals surface area contributed by atoms with Crippen LogP contribution in [0.5, 0.6) is 11.5 Å². The molecule has 0 unspecified atom stereocenters. The van der Waals surface area contributed by atoms with Crippen molar-refractivity contribution >= 4 is 29.1 Å². The number of methoxy groups -OCH3 is 1. The summed E-state index contributed by atoms with van der Waals surface area (Å²) >= 11 is 5.98. The molecule has 0 fully saturated rings. The third-order valence-electron chi connectivity index (χ3n) is 5.26. The topological polar surface area (TPSA) is 67.9 Å². The number of fused-ring (bicyclic) bond motifs is 1. The van der Waals surface area contributed by atoms with Crippen LogP contribution in [-0.2, 0) is 17.9 Å². The number of carbonyl (C=O) groups excluding carboxylic acids is 2. The minimum Gasteiger partial charge on any atom is -0.497 e. The maximum absolute atomic E-state index is 12.9. The number of anilines is 1. The van der Waals surface area contributed by atoms with Crippen LogP contribution < -0.4 is 14.8 Å². The Labute approximate surface area is 191 Å². The Kier molecular flexibility index (Phi) is 6.32. The van der Waals surface area contributed by atoms with E-state index in [0.717, 1.165) is 11.1 Å². The molecule has 0 spiro atoms. The van der Waals surface area contributed by atoms with Gasteiger partial charge in [-0.2, -0.15) is 0 Å². The summed E-state index contributed by atoms with van der Waals surface area (Å²) < 4.78 is 11.1. The maximum Gasteiger partial charge on any atom is 0.263 e. The second kappa shape index (κ2) is 9.32. The highest BCUT2D eigenvalue weighted by Crippen LogP contribution is 2.30. The van der Waals surface area contributed by atoms with Gasteiger partial charge in [0, 0.05) is 34.9 Å². The summed E-state index contributed by atoms with van der Waals surface area (Å²) in [4.78, 5) is 27.3. The van der Waals surface area contributed by atoms with Crippen molar-refractivity contribution in [2.24, 2.45) is 0 Å². The molecule has 3 aromatic rings. The highest BCUT2D eigenvalue weighted by Gasteiger charge is 2.28. The summed E-state index contributed by atoms with van der Waals surface area (Å²) in [6, 6.07) is 19.7. The molecule has 1 atom stereocenters. The summed E-state index contributed by atoms with van der Waals surface area (Å²) in [6.07, 6.45) is -0.610. The van der Waals surface area contributed by atoms with Crippen LogP contribution in [0.3, 0.4) is 0 Å². The quantitative estimate of drug-likeness (QED) is 0.599. The van der Waals surface area contributed by atoms with Crippen LogP contribution in [0.1, 0.15) is 28.4 Å². The molecular weight excluding hydrogens is 428 g/mol. The predicted molar refractivity (Wildman–Crippen MR) is 123 cm³/mol. The molecule has 1 heterocycles. The molecule has 7 heteroatoms. The average Bonchev–Trinajstić information content (AvgIpc) is 2.91. The van der Waals surface area contributed by atoms with Crippen molar-refractivity contribution in [2.75, 3.05) is 12.4 Å². The van der Waals surface area contributed by atoms with Crippen LogP contribution in [0.15, 0.2) is 66.7 Å². The van der Waals surface area contributed by atoms with Gasteiger partial charge < -0.3 is 19.7 Å². The summed E-state index contributed by atoms with van der Waals surface area (Å²) in [6.45, 7) is 2.54. The largest absolute Gasteiger partial charge is 0.497 e. The summed E-state index contributed by atoms with van der Waals surface area (Å²) in [5, 5.41) is 3.55. The van der Waals surface area contributed by atoms with Crippen LogP contribution >= 0.6 is 11.6 Å². The number of benzene rings is 3. The summed E-state index contributed by atoms with van der Waals surface area (Å²) in [7, 11) is 1.56. The van der Waals surface area contributed by atoms with Crippen molar-refractivity contribution in [3.63, 3.8) is 0 Å². The molecule has 3 aromatic carbocycles. The maximum atomic E-state index is 12.9. The van der Waals surface area contributed by atoms with Crippen LogP contribution in [0.2, 0.25) is 5.02 Å². The van der Waals surface area contributed by atoms with Crippen molar-refractivity contribution in [2.45, 2.75) is 26.1 Å². The van der Waals surface area contributed by atoms with Gasteiger partial charge in [-0.05, 0) is 61.0 Å². The Morgan fingerprint density at radius 3 is 2.69 bits per heavy atom. The van der Waals surface area contributed by atoms with E-state index in [1.807, 2.05) is 18.2 Å². The van der Waals surface area contributed by atoms with Crippen molar-refractivity contribution in [1.82, 2.24) is 4.90 Å². The van der Waals surface area contributed by atoms with Crippen molar-refractivity contribution < 1.29 is 19.1 Å². The third-order valence-corrected chi connectivity index (χ3v) is 5.51. The van der Waals surface area contributed by atoms with E-state index in [-0.39, 0.29) is 11.8 Å². The van der Waals surface area contributed by atoms with E-state index in [9.17, 15) is 9.59 Å². The van der Waals surface area contributed by atoms with Gasteiger partial charge in [0.2, 0.25) is 0 Å². The van der Waals surface area contributed by atoms with E-state index < -0.39 is 6.10 Å². The molecule has 164 valence electrons. The highest BCUT2D eigenvalue weighted by atomic mass is 35.5. The van der Waals surface area contributed by atoms with Gasteiger partial charge in [-0.25, -0.2) is 0 Å². The Balaban J connectivity index is 1.55. The molecule has 2 amide bonds. The Morgan fingerprint density at radius 1 is 1.16 bits per heavy atom. The van der Waals surface area contributed by atoms with Crippen LogP contribution in [0.25, 0.3) is 0 Å². The minimum absolute atomic E-state index is 0.0990. The predicted octanol–water partition coefficient (Wildman–Crippen LogP) is 4.91. The number of rotatable bonds is 5. The van der Waals surface area contributed by atoms with E-state index in [1.54, 1.807) is 67.5 Å². The smallest absolute Gasteiger partial charge is 0.263 e. The number of nitrogens with one attached hydrogen (secondary N) is 1. The second-order valence-electron chi connectivity index (χ2n) is 7.59. The van der Waals surface area contributed by atoms with E-state index >= 15 is 0 Å². The van der Waals surface area contributed by atoms with Crippen LogP contribution in [0, 0.1) is 0 Å². The molecular formula is C25H23ClN2O4. The summed E-state index contributed by atoms with van der Waals surface area (Å²) in [5.74, 6) is 0.890. The normalized spacial score (nSPS) is 15.4. The van der Waals surface area contributed by atoms with Gasteiger partial charge >= 0.3 is 0 Å². The Hall–Kier alpha value is -3.51. The van der Waals surface area contributed by atoms with E-state index in [1.165, 1.54) is 0 Å². The third kappa shape index (κ3) is 4.86. The zero-order valence-electron chi connectivity index (χ0n) is 17.8. The standard InChI is InChI=1S/C25H23ClN2O4/c1-16-25(30)28(14-17-6-8-20(26)9-7-17)15-19-12-21(10-11-23(19)32-16)27-24(29)18-4-3-5-22(13-18)31-2/h3-13,16H,14-15H2,1-2H3,(H,27,29)/t16-/m1/s1. The van der Waals surface area contributed by atoms with Crippen LogP contribution in [0.4, 0.5) is 5.69 Å². The zero-order valence-corrected chi connectivity index (χ0v) is 18.6. The fourth-order valence-electron chi connectivity index (χ4n) is 3.59. The van der Waals surface area contributed by atoms with Gasteiger partial charge in [-0.3, -0.25) is 9.59 Å². The van der Waals surface area contributed by atoms with Crippen LogP contribution in [-0.4, -0.2) is 29.9 Å². The van der Waals surface area contributed by atoms with E-state index in [2.05, 4.69) is 5.32 Å². The first-order valence-electron chi connectivity index (χ1n) is 10.2. The first-order valence-corrected chi connectivity index (χ1v) is 10.6. The molecule has 0 bridgehead atoms. The Morgan fingerprint density at radius 2 is 1.94 bits per heavy atom. The molecule has 0 aromatic heterocycles. The number of hydrogen-bond acceptors (Lipinski definition) is 4. The molecule has 0 aliphatic carbocycles. The number of hydrogen-bond donors (Lipinski definition) is 1. The molecule has 1 N–H and O–H groups in total. The average molecular weight is 451 g/mol. The van der Waals surface area contributed by atoms with Crippen molar-refractivity contribution in [3.05, 3.63) is 88.4 Å². The highest BCUT2D eigenvalue weighted by molar-refractivity contribution is 6.30. The lowest BCUT2D eigenvalue weighted by Gasteiger charge is -2.22. The van der Waals surface area contributed by atoms with Gasteiger partial charge in [0.25, 0.3) is 11.8 Å². The molecule has 32 heavy (non-hydrogen) atoms. The lowest BCUT2D eigenvalue weighted by atomic mass is 10.1. The molecule has 0 saturated carbocycles. The fourth-order valence-corrected chi connectivity index (χ4v) is 3.71. The minimum atomic E-state index is -0.610. The number of amides is 2. The SMILES string of the molecule is COc1cccc(C(=O)Nc2ccc3c(c2)CN(Cc2ccc(Cl)cc2)C(=O)[C@@H](C)O3)c1. The first kappa shape index (κ1) is 21.7. The van der Waals surface area contributed by atoms with E-state index in [4.69, 9.17) is 21.1 Å². The van der Waals surface area contributed by atoms with Gasteiger partial charge in [-0.15, -0.1) is 0 Å². The number of carbonyl (C=O) groups is 2. The number of halogens is 1. The van der Waals surface area contributed by atoms with Gasteiger partial charge in [-0.1, -0.05) is 29.8 Å². The molecule has 6 nitrogen and oxygen atoms in total. The zero-order chi connectivity index (χ0) is 22.7. The van der Waals surface area contributed by atoms with Gasteiger partial charge in [0.15, 0.2) is 6.10 Å². The second-order valence-corrected chi connectivity index (χ2v) is 8.03. The van der Waals surface area contributed by atoms with Gasteiger partial charge in [0.1, 0.15) is 11.5 Å². The monoisotopic (exact) mass is 450 g/mol. The van der Waals surface area contributed by atoms with E-state index in [0.29, 0.717) is 40.9 Å². The molecule has 1 aliphatic rings. The Bertz CT molecular complexity index is 1150. The lowest BCUT2D eigenvalue weighted by molar-refractivity contribution is -0.138. The van der Waals surface area contributed by atoms with Crippen molar-refractivity contribution in [1.29, 1.82) is 0 Å². The fraction of sp³-hybridized carbons (Fsp3) is 0.200. The summed E-state index contributed by atoms with van der Waals surface area (Å²) in [5.41, 5.74) is 2.90. The number of ether oxygens (including phenoxy) is 2. The molecule has 0 radical (unpaired) electrons. The molecule has 1 aliphatic heterocycles. The lowest BCUT2D eigenvalue weighted by Crippen LogP contribution is -2.37. The van der Waals surface area contributed by atoms with Gasteiger partial charge in [0.05, 0.1) is 7.11 Å². The van der Waals surface area contributed by atoms with Crippen molar-refractivity contribution in [3.8, 4) is 11.5 Å². The number of nitrogens with zero attached hydrogens (tertiary/aromatic N) is 1. The molecule has 0 saturated heterocycles. The molecule has 4 rings (SSSR count). The first-order chi connectivity index (χ1) is 15.4.